The van der Waals surface area contributed by atoms with Gasteiger partial charge in [0.1, 0.15) is 5.75 Å². The van der Waals surface area contributed by atoms with Crippen LogP contribution in [0.25, 0.3) is 0 Å². The van der Waals surface area contributed by atoms with Crippen molar-refractivity contribution < 1.29 is 9.45 Å². The van der Waals surface area contributed by atoms with Gasteiger partial charge in [0, 0.05) is 29.9 Å². The Morgan fingerprint density at radius 3 is 2.44 bits per heavy atom. The minimum Gasteiger partial charge on any atom is -0.444 e. The molecule has 0 amide bonds. The summed E-state index contributed by atoms with van der Waals surface area (Å²) >= 11 is 0. The normalized spacial score (nSPS) is 23.4. The molecule has 86 valence electrons. The van der Waals surface area contributed by atoms with Crippen LogP contribution in [0.3, 0.4) is 0 Å². The zero-order valence-electron chi connectivity index (χ0n) is 7.93. The van der Waals surface area contributed by atoms with Gasteiger partial charge in [-0.3, -0.25) is 15.0 Å². The highest BCUT2D eigenvalue weighted by atomic mass is 31.2. The second-order valence-corrected chi connectivity index (χ2v) is 6.80. The van der Waals surface area contributed by atoms with Crippen LogP contribution in [0.4, 0.5) is 5.69 Å². The molecule has 1 fully saturated rings. The van der Waals surface area contributed by atoms with Crippen molar-refractivity contribution in [2.24, 2.45) is 0 Å². The van der Waals surface area contributed by atoms with Crippen LogP contribution in [0.2, 0.25) is 0 Å². The summed E-state index contributed by atoms with van der Waals surface area (Å²) in [7, 11) is 0.0650. The van der Waals surface area contributed by atoms with Crippen molar-refractivity contribution in [3.8, 4) is 5.75 Å². The average molecular weight is 278 g/mol. The molecule has 7 nitrogen and oxygen atoms in total. The maximum atomic E-state index is 10.4. The van der Waals surface area contributed by atoms with Gasteiger partial charge in [0.2, 0.25) is 0 Å². The number of nitro groups is 1. The molecule has 2 atom stereocenters. The van der Waals surface area contributed by atoms with Crippen molar-refractivity contribution in [3.05, 3.63) is 34.4 Å². The van der Waals surface area contributed by atoms with Gasteiger partial charge in [-0.05, 0) is 12.1 Å². The summed E-state index contributed by atoms with van der Waals surface area (Å²) < 4.78 is 5.58. The van der Waals surface area contributed by atoms with Crippen LogP contribution in [-0.4, -0.2) is 4.92 Å². The van der Waals surface area contributed by atoms with Crippen LogP contribution < -0.4 is 19.1 Å². The van der Waals surface area contributed by atoms with E-state index in [1.807, 2.05) is 0 Å². The third kappa shape index (κ3) is 3.29. The Morgan fingerprint density at radius 1 is 1.25 bits per heavy atom. The van der Waals surface area contributed by atoms with Gasteiger partial charge < -0.3 is 4.52 Å². The van der Waals surface area contributed by atoms with Crippen LogP contribution in [0.15, 0.2) is 24.3 Å². The van der Waals surface area contributed by atoms with E-state index < -0.39 is 13.4 Å². The van der Waals surface area contributed by atoms with Gasteiger partial charge in [0.05, 0.1) is 4.92 Å². The summed E-state index contributed by atoms with van der Waals surface area (Å²) in [6.45, 7) is 0. The highest BCUT2D eigenvalue weighted by molar-refractivity contribution is 7.71. The van der Waals surface area contributed by atoms with Gasteiger partial charge in [-0.1, -0.05) is 0 Å². The standard InChI is InChI=1S/C6H9N4O3P3/c11-10(12)5-1-3-6(4-2-5)13-16-8-14-7-15-9-16/h1-4,7-9,14-15H. The van der Waals surface area contributed by atoms with Gasteiger partial charge in [0.15, 0.2) is 0 Å². The van der Waals surface area contributed by atoms with Crippen molar-refractivity contribution in [3.63, 3.8) is 0 Å². The van der Waals surface area contributed by atoms with Gasteiger partial charge >= 0.3 is 0 Å². The first-order chi connectivity index (χ1) is 7.75. The fourth-order valence-electron chi connectivity index (χ4n) is 0.996. The van der Waals surface area contributed by atoms with Gasteiger partial charge in [-0.25, -0.2) is 9.72 Å². The molecule has 1 aromatic rings. The number of benzene rings is 1. The number of nitrogens with one attached hydrogen (secondary N) is 3. The first kappa shape index (κ1) is 12.1. The minimum atomic E-state index is -0.881. The SMILES string of the molecule is O=[N+]([O-])c1ccc(OP2NPNPN2)cc1. The van der Waals surface area contributed by atoms with Crippen LogP contribution in [-0.2, 0) is 0 Å². The van der Waals surface area contributed by atoms with Crippen molar-refractivity contribution in [2.75, 3.05) is 0 Å². The molecule has 0 saturated carbocycles. The Morgan fingerprint density at radius 2 is 1.88 bits per heavy atom. The molecular weight excluding hydrogens is 269 g/mol. The third-order valence-corrected chi connectivity index (χ3v) is 5.60. The molecule has 1 saturated heterocycles. The van der Waals surface area contributed by atoms with Crippen molar-refractivity contribution in [1.82, 2.24) is 14.6 Å². The molecule has 1 aromatic carbocycles. The molecule has 1 heterocycles. The molecule has 0 aliphatic carbocycles. The maximum Gasteiger partial charge on any atom is 0.269 e. The van der Waals surface area contributed by atoms with E-state index in [2.05, 4.69) is 14.6 Å². The molecule has 0 bridgehead atoms. The Kier molecular flexibility index (Phi) is 4.36. The number of nitrogens with zero attached hydrogens (tertiary/aromatic N) is 1. The van der Waals surface area contributed by atoms with E-state index in [4.69, 9.17) is 4.52 Å². The topological polar surface area (TPSA) is 88.5 Å². The maximum absolute atomic E-state index is 10.4. The lowest BCUT2D eigenvalue weighted by Gasteiger charge is -2.23. The fraction of sp³-hybridized carbons (Fsp3) is 0. The van der Waals surface area contributed by atoms with E-state index in [0.717, 1.165) is 0 Å². The molecule has 1 aliphatic rings. The van der Waals surface area contributed by atoms with E-state index in [9.17, 15) is 10.1 Å². The molecule has 2 unspecified atom stereocenters. The highest BCUT2D eigenvalue weighted by Crippen LogP contribution is 2.40. The van der Waals surface area contributed by atoms with E-state index in [-0.39, 0.29) is 5.69 Å². The summed E-state index contributed by atoms with van der Waals surface area (Å²) in [5.41, 5.74) is 0.0649. The Bertz CT molecular complexity index is 370. The monoisotopic (exact) mass is 278 g/mol. The Labute approximate surface area is 96.6 Å². The number of hydrogen-bond donors (Lipinski definition) is 3. The number of non-ortho nitro benzene ring substituents is 1. The Hall–Kier alpha value is -0.410. The third-order valence-electron chi connectivity index (χ3n) is 1.68. The first-order valence-corrected chi connectivity index (χ1v) is 7.50. The van der Waals surface area contributed by atoms with Crippen LogP contribution >= 0.6 is 26.2 Å². The van der Waals surface area contributed by atoms with E-state index in [1.165, 1.54) is 12.1 Å². The summed E-state index contributed by atoms with van der Waals surface area (Å²) in [4.78, 5) is 19.4. The second-order valence-electron chi connectivity index (χ2n) is 2.74. The second kappa shape index (κ2) is 5.78. The largest absolute Gasteiger partial charge is 0.444 e. The van der Waals surface area contributed by atoms with Gasteiger partial charge in [-0.2, -0.15) is 0 Å². The Balaban J connectivity index is 1.96. The van der Waals surface area contributed by atoms with Crippen LogP contribution in [0, 0.1) is 10.1 Å². The predicted octanol–water partition coefficient (Wildman–Crippen LogP) is 2.00. The highest BCUT2D eigenvalue weighted by Gasteiger charge is 2.14. The summed E-state index contributed by atoms with van der Waals surface area (Å²) in [6.07, 6.45) is 0. The average Bonchev–Trinajstić information content (AvgIpc) is 2.31. The van der Waals surface area contributed by atoms with Crippen molar-refractivity contribution in [1.29, 1.82) is 0 Å². The van der Waals surface area contributed by atoms with E-state index >= 15 is 0 Å². The zero-order chi connectivity index (χ0) is 11.4. The number of rotatable bonds is 3. The van der Waals surface area contributed by atoms with Crippen molar-refractivity contribution >= 4 is 31.9 Å². The summed E-state index contributed by atoms with van der Waals surface area (Å²) in [5, 5.41) is 10.4. The quantitative estimate of drug-likeness (QED) is 0.445. The molecular formula is C6H9N4O3P3. The van der Waals surface area contributed by atoms with Gasteiger partial charge in [0.25, 0.3) is 14.1 Å². The fourth-order valence-corrected chi connectivity index (χ4v) is 4.94. The van der Waals surface area contributed by atoms with E-state index in [0.29, 0.717) is 23.5 Å². The molecule has 16 heavy (non-hydrogen) atoms. The molecule has 2 rings (SSSR count). The van der Waals surface area contributed by atoms with Crippen molar-refractivity contribution in [2.45, 2.75) is 0 Å². The lowest BCUT2D eigenvalue weighted by Crippen LogP contribution is -2.18. The van der Waals surface area contributed by atoms with Gasteiger partial charge in [-0.15, -0.1) is 0 Å². The van der Waals surface area contributed by atoms with E-state index in [1.54, 1.807) is 12.1 Å². The van der Waals surface area contributed by atoms with Crippen LogP contribution in [0.5, 0.6) is 5.75 Å². The molecule has 0 aromatic heterocycles. The predicted molar refractivity (Wildman–Crippen MR) is 66.7 cm³/mol. The molecule has 1 aliphatic heterocycles. The number of nitro benzene ring substituents is 1. The number of hydrogen-bond acceptors (Lipinski definition) is 6. The zero-order valence-corrected chi connectivity index (χ0v) is 10.8. The molecule has 0 radical (unpaired) electrons. The first-order valence-electron chi connectivity index (χ1n) is 4.24. The molecule has 3 N–H and O–H groups in total. The molecule has 0 spiro atoms. The minimum absolute atomic E-state index is 0.0649. The summed E-state index contributed by atoms with van der Waals surface area (Å²) in [5.74, 6) is 0.619. The smallest absolute Gasteiger partial charge is 0.269 e. The molecule has 10 heteroatoms. The lowest BCUT2D eigenvalue weighted by molar-refractivity contribution is -0.384. The lowest BCUT2D eigenvalue weighted by atomic mass is 10.3. The summed E-state index contributed by atoms with van der Waals surface area (Å²) in [6, 6.07) is 6.05. The van der Waals surface area contributed by atoms with Crippen LogP contribution in [0.1, 0.15) is 0 Å².